The van der Waals surface area contributed by atoms with Crippen LogP contribution in [0.5, 0.6) is 11.5 Å². The van der Waals surface area contributed by atoms with E-state index in [1.54, 1.807) is 14.2 Å². The summed E-state index contributed by atoms with van der Waals surface area (Å²) in [7, 11) is 5.33. The molecule has 0 saturated carbocycles. The van der Waals surface area contributed by atoms with Crippen molar-refractivity contribution < 1.29 is 9.47 Å². The van der Waals surface area contributed by atoms with E-state index in [0.717, 1.165) is 35.7 Å². The molecule has 108 valence electrons. The Morgan fingerprint density at radius 1 is 1.16 bits per heavy atom. The van der Waals surface area contributed by atoms with Crippen molar-refractivity contribution in [3.8, 4) is 11.5 Å². The molecule has 19 heavy (non-hydrogen) atoms. The third-order valence-electron chi connectivity index (χ3n) is 3.24. The van der Waals surface area contributed by atoms with Gasteiger partial charge < -0.3 is 20.1 Å². The van der Waals surface area contributed by atoms with Crippen LogP contribution in [0, 0.1) is 6.92 Å². The highest BCUT2D eigenvalue weighted by atomic mass is 16.5. The third kappa shape index (κ3) is 4.11. The first-order chi connectivity index (χ1) is 8.95. The molecule has 0 amide bonds. The predicted octanol–water partition coefficient (Wildman–Crippen LogP) is 2.10. The van der Waals surface area contributed by atoms with Crippen LogP contribution < -0.4 is 20.1 Å². The summed E-state index contributed by atoms with van der Waals surface area (Å²) in [4.78, 5) is 0. The molecule has 0 aliphatic heterocycles. The monoisotopic (exact) mass is 266 g/mol. The van der Waals surface area contributed by atoms with Crippen LogP contribution in [0.3, 0.4) is 0 Å². The Labute approximate surface area is 116 Å². The van der Waals surface area contributed by atoms with Crippen LogP contribution in [0.4, 0.5) is 0 Å². The Kier molecular flexibility index (Phi) is 5.63. The molecule has 0 bridgehead atoms. The van der Waals surface area contributed by atoms with E-state index in [9.17, 15) is 0 Å². The van der Waals surface area contributed by atoms with Crippen molar-refractivity contribution >= 4 is 0 Å². The minimum absolute atomic E-state index is 0.0353. The van der Waals surface area contributed by atoms with Gasteiger partial charge in [-0.1, -0.05) is 6.07 Å². The molecule has 4 nitrogen and oxygen atoms in total. The van der Waals surface area contributed by atoms with E-state index in [1.807, 2.05) is 26.1 Å². The SMILES string of the molecule is CNCC(C)(C)NCc1ccc(OC)c(C)c1OC. The number of nitrogens with one attached hydrogen (secondary N) is 2. The van der Waals surface area contributed by atoms with Crippen molar-refractivity contribution in [2.45, 2.75) is 32.9 Å². The van der Waals surface area contributed by atoms with Crippen LogP contribution in [-0.2, 0) is 6.54 Å². The van der Waals surface area contributed by atoms with Crippen LogP contribution in [0.2, 0.25) is 0 Å². The molecule has 1 aromatic carbocycles. The van der Waals surface area contributed by atoms with Crippen molar-refractivity contribution in [2.24, 2.45) is 0 Å². The van der Waals surface area contributed by atoms with Gasteiger partial charge in [0.2, 0.25) is 0 Å². The Hall–Kier alpha value is -1.26. The fourth-order valence-corrected chi connectivity index (χ4v) is 2.21. The summed E-state index contributed by atoms with van der Waals surface area (Å²) >= 11 is 0. The van der Waals surface area contributed by atoms with Gasteiger partial charge in [0.1, 0.15) is 11.5 Å². The van der Waals surface area contributed by atoms with Crippen molar-refractivity contribution in [2.75, 3.05) is 27.8 Å². The van der Waals surface area contributed by atoms with E-state index < -0.39 is 0 Å². The van der Waals surface area contributed by atoms with Crippen LogP contribution in [-0.4, -0.2) is 33.4 Å². The Bertz CT molecular complexity index is 417. The second-order valence-electron chi connectivity index (χ2n) is 5.35. The van der Waals surface area contributed by atoms with Crippen molar-refractivity contribution in [3.05, 3.63) is 23.3 Å². The molecule has 0 unspecified atom stereocenters. The number of ether oxygens (including phenoxy) is 2. The number of likely N-dealkylation sites (N-methyl/N-ethyl adjacent to an activating group) is 1. The number of rotatable bonds is 7. The summed E-state index contributed by atoms with van der Waals surface area (Å²) in [6, 6.07) is 4.03. The first-order valence-corrected chi connectivity index (χ1v) is 6.55. The molecule has 0 spiro atoms. The molecule has 0 radical (unpaired) electrons. The second kappa shape index (κ2) is 6.78. The largest absolute Gasteiger partial charge is 0.496 e. The summed E-state index contributed by atoms with van der Waals surface area (Å²) in [6.07, 6.45) is 0. The molecule has 0 fully saturated rings. The van der Waals surface area contributed by atoms with E-state index in [1.165, 1.54) is 0 Å². The zero-order chi connectivity index (χ0) is 14.5. The molecule has 0 heterocycles. The van der Waals surface area contributed by atoms with Gasteiger partial charge in [-0.3, -0.25) is 0 Å². The lowest BCUT2D eigenvalue weighted by Gasteiger charge is -2.27. The number of methoxy groups -OCH3 is 2. The number of hydrogen-bond acceptors (Lipinski definition) is 4. The van der Waals surface area contributed by atoms with E-state index in [0.29, 0.717) is 0 Å². The highest BCUT2D eigenvalue weighted by molar-refractivity contribution is 5.49. The van der Waals surface area contributed by atoms with Gasteiger partial charge in [-0.05, 0) is 33.9 Å². The van der Waals surface area contributed by atoms with Crippen LogP contribution in [0.25, 0.3) is 0 Å². The molecule has 2 N–H and O–H groups in total. The van der Waals surface area contributed by atoms with Gasteiger partial charge in [0.05, 0.1) is 14.2 Å². The molecule has 4 heteroatoms. The zero-order valence-electron chi connectivity index (χ0n) is 12.9. The first-order valence-electron chi connectivity index (χ1n) is 6.55. The van der Waals surface area contributed by atoms with Crippen LogP contribution >= 0.6 is 0 Å². The molecule has 0 aromatic heterocycles. The van der Waals surface area contributed by atoms with Crippen LogP contribution in [0.1, 0.15) is 25.0 Å². The smallest absolute Gasteiger partial charge is 0.129 e. The van der Waals surface area contributed by atoms with E-state index in [2.05, 4.69) is 24.5 Å². The first kappa shape index (κ1) is 15.8. The lowest BCUT2D eigenvalue weighted by atomic mass is 10.0. The normalized spacial score (nSPS) is 11.5. The lowest BCUT2D eigenvalue weighted by Crippen LogP contribution is -2.46. The third-order valence-corrected chi connectivity index (χ3v) is 3.24. The summed E-state index contributed by atoms with van der Waals surface area (Å²) in [5.41, 5.74) is 2.22. The highest BCUT2D eigenvalue weighted by Crippen LogP contribution is 2.31. The van der Waals surface area contributed by atoms with Gasteiger partial charge in [0.15, 0.2) is 0 Å². The fourth-order valence-electron chi connectivity index (χ4n) is 2.21. The molecular formula is C15H26N2O2. The molecular weight excluding hydrogens is 240 g/mol. The fraction of sp³-hybridized carbons (Fsp3) is 0.600. The predicted molar refractivity (Wildman–Crippen MR) is 79.1 cm³/mol. The summed E-state index contributed by atoms with van der Waals surface area (Å²) in [6.45, 7) is 8.03. The maximum absolute atomic E-state index is 5.51. The molecule has 0 aliphatic carbocycles. The van der Waals surface area contributed by atoms with Crippen LogP contribution in [0.15, 0.2) is 12.1 Å². The Morgan fingerprint density at radius 3 is 2.37 bits per heavy atom. The minimum Gasteiger partial charge on any atom is -0.496 e. The number of benzene rings is 1. The summed E-state index contributed by atoms with van der Waals surface area (Å²) in [5.74, 6) is 1.75. The Balaban J connectivity index is 2.87. The molecule has 1 aromatic rings. The second-order valence-corrected chi connectivity index (χ2v) is 5.35. The number of hydrogen-bond donors (Lipinski definition) is 2. The van der Waals surface area contributed by atoms with E-state index >= 15 is 0 Å². The van der Waals surface area contributed by atoms with E-state index in [-0.39, 0.29) is 5.54 Å². The molecule has 0 atom stereocenters. The van der Waals surface area contributed by atoms with Crippen molar-refractivity contribution in [3.63, 3.8) is 0 Å². The molecule has 0 saturated heterocycles. The standard InChI is InChI=1S/C15H26N2O2/c1-11-13(18-5)8-7-12(14(11)19-6)9-17-15(2,3)10-16-4/h7-8,16-17H,9-10H2,1-6H3. The molecule has 0 aliphatic rings. The topological polar surface area (TPSA) is 42.5 Å². The maximum atomic E-state index is 5.51. The van der Waals surface area contributed by atoms with Gasteiger partial charge in [0, 0.05) is 29.8 Å². The lowest BCUT2D eigenvalue weighted by molar-refractivity contribution is 0.359. The highest BCUT2D eigenvalue weighted by Gasteiger charge is 2.17. The average molecular weight is 266 g/mol. The van der Waals surface area contributed by atoms with Gasteiger partial charge in [0.25, 0.3) is 0 Å². The summed E-state index contributed by atoms with van der Waals surface area (Å²) < 4.78 is 10.8. The van der Waals surface area contributed by atoms with Crippen molar-refractivity contribution in [1.29, 1.82) is 0 Å². The molecule has 1 rings (SSSR count). The van der Waals surface area contributed by atoms with Gasteiger partial charge in [-0.15, -0.1) is 0 Å². The van der Waals surface area contributed by atoms with Gasteiger partial charge in [-0.2, -0.15) is 0 Å². The summed E-state index contributed by atoms with van der Waals surface area (Å²) in [5, 5.41) is 6.72. The minimum atomic E-state index is 0.0353. The van der Waals surface area contributed by atoms with Gasteiger partial charge in [-0.25, -0.2) is 0 Å². The van der Waals surface area contributed by atoms with Crippen molar-refractivity contribution in [1.82, 2.24) is 10.6 Å². The van der Waals surface area contributed by atoms with E-state index in [4.69, 9.17) is 9.47 Å². The van der Waals surface area contributed by atoms with Gasteiger partial charge >= 0.3 is 0 Å². The Morgan fingerprint density at radius 2 is 1.84 bits per heavy atom. The maximum Gasteiger partial charge on any atom is 0.129 e. The zero-order valence-corrected chi connectivity index (χ0v) is 12.9. The average Bonchev–Trinajstić information content (AvgIpc) is 2.36. The quantitative estimate of drug-likeness (QED) is 0.793.